The quantitative estimate of drug-likeness (QED) is 0.770. The Morgan fingerprint density at radius 1 is 1.06 bits per heavy atom. The minimum absolute atomic E-state index is 0.672. The van der Waals surface area contributed by atoms with Crippen molar-refractivity contribution in [3.63, 3.8) is 0 Å². The summed E-state index contributed by atoms with van der Waals surface area (Å²) in [4.78, 5) is 0. The highest BCUT2D eigenvalue weighted by Gasteiger charge is 2.05. The summed E-state index contributed by atoms with van der Waals surface area (Å²) in [6.45, 7) is 6.61. The van der Waals surface area contributed by atoms with E-state index in [2.05, 4.69) is 51.3 Å². The molecule has 0 bridgehead atoms. The molecule has 0 heterocycles. The minimum atomic E-state index is 0.672. The number of rotatable bonds is 6. The fourth-order valence-corrected chi connectivity index (χ4v) is 2.34. The molecule has 0 aliphatic carbocycles. The van der Waals surface area contributed by atoms with Crippen LogP contribution in [0, 0.1) is 13.8 Å². The van der Waals surface area contributed by atoms with Crippen molar-refractivity contribution in [1.82, 2.24) is 5.32 Å². The summed E-state index contributed by atoms with van der Waals surface area (Å²) in [5.41, 5.74) is 4.24. The molecule has 0 spiro atoms. The molecule has 0 saturated heterocycles. The van der Waals surface area contributed by atoms with Crippen molar-refractivity contribution in [2.75, 3.05) is 7.05 Å². The second-order valence-corrected chi connectivity index (χ2v) is 4.81. The molecule has 1 aromatic carbocycles. The third-order valence-electron chi connectivity index (χ3n) is 3.11. The van der Waals surface area contributed by atoms with Gasteiger partial charge in [-0.05, 0) is 45.7 Å². The number of benzene rings is 1. The summed E-state index contributed by atoms with van der Waals surface area (Å²) < 4.78 is 0. The molecule has 0 amide bonds. The SMILES string of the molecule is CCCC(CCc1cc(C)cc(C)c1)NC. The van der Waals surface area contributed by atoms with Gasteiger partial charge in [-0.3, -0.25) is 0 Å². The molecule has 1 atom stereocenters. The van der Waals surface area contributed by atoms with Crippen LogP contribution < -0.4 is 5.32 Å². The monoisotopic (exact) mass is 219 g/mol. The van der Waals surface area contributed by atoms with Crippen LogP contribution in [-0.2, 0) is 6.42 Å². The fourth-order valence-electron chi connectivity index (χ4n) is 2.34. The number of hydrogen-bond acceptors (Lipinski definition) is 1. The highest BCUT2D eigenvalue weighted by atomic mass is 14.9. The summed E-state index contributed by atoms with van der Waals surface area (Å²) in [7, 11) is 2.07. The summed E-state index contributed by atoms with van der Waals surface area (Å²) in [6.07, 6.45) is 4.97. The van der Waals surface area contributed by atoms with Gasteiger partial charge in [-0.1, -0.05) is 42.7 Å². The smallest absolute Gasteiger partial charge is 0.00671 e. The first kappa shape index (κ1) is 13.2. The van der Waals surface area contributed by atoms with E-state index in [9.17, 15) is 0 Å². The number of hydrogen-bond donors (Lipinski definition) is 1. The van der Waals surface area contributed by atoms with Crippen LogP contribution in [0.5, 0.6) is 0 Å². The summed E-state index contributed by atoms with van der Waals surface area (Å²) >= 11 is 0. The van der Waals surface area contributed by atoms with Crippen molar-refractivity contribution >= 4 is 0 Å². The molecule has 16 heavy (non-hydrogen) atoms. The van der Waals surface area contributed by atoms with E-state index in [1.165, 1.54) is 42.4 Å². The Morgan fingerprint density at radius 2 is 1.69 bits per heavy atom. The van der Waals surface area contributed by atoms with Gasteiger partial charge in [-0.15, -0.1) is 0 Å². The van der Waals surface area contributed by atoms with Gasteiger partial charge < -0.3 is 5.32 Å². The average Bonchev–Trinajstić information content (AvgIpc) is 2.23. The van der Waals surface area contributed by atoms with Gasteiger partial charge in [-0.25, -0.2) is 0 Å². The maximum absolute atomic E-state index is 3.40. The zero-order chi connectivity index (χ0) is 12.0. The molecule has 1 N–H and O–H groups in total. The second-order valence-electron chi connectivity index (χ2n) is 4.81. The van der Waals surface area contributed by atoms with Gasteiger partial charge >= 0.3 is 0 Å². The van der Waals surface area contributed by atoms with E-state index < -0.39 is 0 Å². The normalized spacial score (nSPS) is 12.8. The van der Waals surface area contributed by atoms with Gasteiger partial charge in [0, 0.05) is 6.04 Å². The highest BCUT2D eigenvalue weighted by molar-refractivity contribution is 5.28. The van der Waals surface area contributed by atoms with Crippen molar-refractivity contribution in [2.45, 2.75) is 52.5 Å². The number of nitrogens with one attached hydrogen (secondary N) is 1. The first-order chi connectivity index (χ1) is 7.65. The third kappa shape index (κ3) is 4.36. The third-order valence-corrected chi connectivity index (χ3v) is 3.11. The Morgan fingerprint density at radius 3 is 2.19 bits per heavy atom. The van der Waals surface area contributed by atoms with Gasteiger partial charge in [0.2, 0.25) is 0 Å². The molecule has 0 aliphatic rings. The lowest BCUT2D eigenvalue weighted by Gasteiger charge is -2.15. The van der Waals surface area contributed by atoms with Crippen LogP contribution in [0.2, 0.25) is 0 Å². The molecule has 1 heteroatoms. The van der Waals surface area contributed by atoms with E-state index in [1.807, 2.05) is 0 Å². The Balaban J connectivity index is 2.52. The summed E-state index contributed by atoms with van der Waals surface area (Å²) in [5, 5.41) is 3.40. The topological polar surface area (TPSA) is 12.0 Å². The second kappa shape index (κ2) is 6.70. The molecule has 1 rings (SSSR count). The first-order valence-corrected chi connectivity index (χ1v) is 6.40. The molecule has 0 fully saturated rings. The standard InChI is InChI=1S/C15H25N/c1-5-6-15(16-4)8-7-14-10-12(2)9-13(3)11-14/h9-11,15-16H,5-8H2,1-4H3. The molecule has 0 aromatic heterocycles. The lowest BCUT2D eigenvalue weighted by molar-refractivity contribution is 0.484. The van der Waals surface area contributed by atoms with Gasteiger partial charge in [-0.2, -0.15) is 0 Å². The Kier molecular flexibility index (Phi) is 5.54. The Labute approximate surface area is 100 Å². The zero-order valence-corrected chi connectivity index (χ0v) is 11.1. The molecule has 1 nitrogen and oxygen atoms in total. The lowest BCUT2D eigenvalue weighted by atomic mass is 9.99. The fraction of sp³-hybridized carbons (Fsp3) is 0.600. The van der Waals surface area contributed by atoms with E-state index in [4.69, 9.17) is 0 Å². The predicted molar refractivity (Wildman–Crippen MR) is 72.0 cm³/mol. The van der Waals surface area contributed by atoms with Gasteiger partial charge in [0.1, 0.15) is 0 Å². The average molecular weight is 219 g/mol. The lowest BCUT2D eigenvalue weighted by Crippen LogP contribution is -2.25. The minimum Gasteiger partial charge on any atom is -0.317 e. The molecule has 0 aliphatic heterocycles. The van der Waals surface area contributed by atoms with Crippen LogP contribution in [0.15, 0.2) is 18.2 Å². The van der Waals surface area contributed by atoms with E-state index in [1.54, 1.807) is 0 Å². The van der Waals surface area contributed by atoms with Crippen LogP contribution in [0.3, 0.4) is 0 Å². The van der Waals surface area contributed by atoms with Crippen LogP contribution in [0.25, 0.3) is 0 Å². The highest BCUT2D eigenvalue weighted by Crippen LogP contribution is 2.13. The van der Waals surface area contributed by atoms with Gasteiger partial charge in [0.05, 0.1) is 0 Å². The number of aryl methyl sites for hydroxylation is 3. The van der Waals surface area contributed by atoms with Crippen LogP contribution in [0.1, 0.15) is 42.9 Å². The van der Waals surface area contributed by atoms with Crippen LogP contribution >= 0.6 is 0 Å². The molecular weight excluding hydrogens is 194 g/mol. The first-order valence-electron chi connectivity index (χ1n) is 6.40. The van der Waals surface area contributed by atoms with Crippen LogP contribution in [-0.4, -0.2) is 13.1 Å². The van der Waals surface area contributed by atoms with Gasteiger partial charge in [0.15, 0.2) is 0 Å². The summed E-state index contributed by atoms with van der Waals surface area (Å²) in [6, 6.07) is 7.54. The van der Waals surface area contributed by atoms with E-state index in [0.29, 0.717) is 6.04 Å². The molecule has 0 saturated carbocycles. The zero-order valence-electron chi connectivity index (χ0n) is 11.1. The largest absolute Gasteiger partial charge is 0.317 e. The van der Waals surface area contributed by atoms with Crippen molar-refractivity contribution < 1.29 is 0 Å². The molecule has 1 unspecified atom stereocenters. The van der Waals surface area contributed by atoms with Crippen molar-refractivity contribution in [2.24, 2.45) is 0 Å². The molecule has 0 radical (unpaired) electrons. The Hall–Kier alpha value is -0.820. The maximum Gasteiger partial charge on any atom is 0.00671 e. The molecule has 1 aromatic rings. The van der Waals surface area contributed by atoms with E-state index >= 15 is 0 Å². The van der Waals surface area contributed by atoms with Crippen LogP contribution in [0.4, 0.5) is 0 Å². The molecular formula is C15H25N. The predicted octanol–water partition coefficient (Wildman–Crippen LogP) is 3.62. The van der Waals surface area contributed by atoms with Crippen molar-refractivity contribution in [3.8, 4) is 0 Å². The van der Waals surface area contributed by atoms with Gasteiger partial charge in [0.25, 0.3) is 0 Å². The Bertz CT molecular complexity index is 297. The van der Waals surface area contributed by atoms with Crippen molar-refractivity contribution in [1.29, 1.82) is 0 Å². The van der Waals surface area contributed by atoms with E-state index in [0.717, 1.165) is 0 Å². The molecule has 90 valence electrons. The summed E-state index contributed by atoms with van der Waals surface area (Å²) in [5.74, 6) is 0. The van der Waals surface area contributed by atoms with E-state index in [-0.39, 0.29) is 0 Å². The van der Waals surface area contributed by atoms with Crippen molar-refractivity contribution in [3.05, 3.63) is 34.9 Å². The maximum atomic E-state index is 3.40.